The highest BCUT2D eigenvalue weighted by Gasteiger charge is 2.20. The van der Waals surface area contributed by atoms with E-state index in [0.29, 0.717) is 23.5 Å². The molecule has 23 heavy (non-hydrogen) atoms. The number of carbonyl (C=O) groups is 1. The first-order chi connectivity index (χ1) is 10.8. The van der Waals surface area contributed by atoms with Crippen LogP contribution in [0, 0.1) is 24.0 Å². The van der Waals surface area contributed by atoms with Gasteiger partial charge in [0.25, 0.3) is 5.91 Å². The van der Waals surface area contributed by atoms with Crippen LogP contribution in [-0.4, -0.2) is 44.3 Å². The Balaban J connectivity index is 2.76. The molecule has 1 amide bonds. The lowest BCUT2D eigenvalue weighted by Gasteiger charge is -2.08. The average Bonchev–Trinajstić information content (AvgIpc) is 2.82. The van der Waals surface area contributed by atoms with Crippen molar-refractivity contribution in [3.8, 4) is 0 Å². The highest BCUT2D eigenvalue weighted by molar-refractivity contribution is 6.01. The highest BCUT2D eigenvalue weighted by atomic mass is 16.6. The normalized spacial score (nSPS) is 13.7. The zero-order chi connectivity index (χ0) is 17.6. The van der Waals surface area contributed by atoms with E-state index in [4.69, 9.17) is 5.21 Å². The van der Waals surface area contributed by atoms with Gasteiger partial charge in [0.15, 0.2) is 0 Å². The Labute approximate surface area is 133 Å². The van der Waals surface area contributed by atoms with Crippen LogP contribution in [0.3, 0.4) is 0 Å². The van der Waals surface area contributed by atoms with E-state index < -0.39 is 16.9 Å². The number of oxime groups is 1. The lowest BCUT2D eigenvalue weighted by molar-refractivity contribution is -0.512. The van der Waals surface area contributed by atoms with Gasteiger partial charge in [-0.2, -0.15) is 0 Å². The summed E-state index contributed by atoms with van der Waals surface area (Å²) in [6, 6.07) is -0.848. The van der Waals surface area contributed by atoms with E-state index in [0.717, 1.165) is 0 Å². The van der Waals surface area contributed by atoms with Gasteiger partial charge in [0.1, 0.15) is 11.5 Å². The average molecular weight is 323 g/mol. The summed E-state index contributed by atoms with van der Waals surface area (Å²) in [5, 5.41) is 25.6. The van der Waals surface area contributed by atoms with Crippen molar-refractivity contribution in [2.24, 2.45) is 5.16 Å². The van der Waals surface area contributed by atoms with Gasteiger partial charge in [0.2, 0.25) is 6.04 Å². The lowest BCUT2D eigenvalue weighted by Crippen LogP contribution is -2.30. The number of nitrogens with one attached hydrogen (secondary N) is 2. The molecule has 1 unspecified atom stereocenters. The Morgan fingerprint density at radius 1 is 1.57 bits per heavy atom. The van der Waals surface area contributed by atoms with Crippen molar-refractivity contribution in [3.05, 3.63) is 39.0 Å². The fourth-order valence-corrected chi connectivity index (χ4v) is 2.20. The van der Waals surface area contributed by atoms with E-state index in [-0.39, 0.29) is 18.0 Å². The third kappa shape index (κ3) is 4.90. The molecule has 0 aliphatic heterocycles. The van der Waals surface area contributed by atoms with Crippen LogP contribution in [0.5, 0.6) is 0 Å². The van der Waals surface area contributed by atoms with Crippen molar-refractivity contribution in [2.45, 2.75) is 40.2 Å². The van der Waals surface area contributed by atoms with E-state index in [9.17, 15) is 14.9 Å². The Morgan fingerprint density at radius 3 is 2.65 bits per heavy atom. The van der Waals surface area contributed by atoms with Gasteiger partial charge in [0.05, 0.1) is 12.3 Å². The van der Waals surface area contributed by atoms with Crippen LogP contribution in [0.1, 0.15) is 42.3 Å². The van der Waals surface area contributed by atoms with Gasteiger partial charge in [-0.3, -0.25) is 14.9 Å². The molecule has 1 aromatic heterocycles. The number of aromatic nitrogens is 2. The quantitative estimate of drug-likeness (QED) is 0.303. The second-order valence-corrected chi connectivity index (χ2v) is 5.17. The first kappa shape index (κ1) is 18.3. The third-order valence-electron chi connectivity index (χ3n) is 3.34. The minimum atomic E-state index is -0.848. The van der Waals surface area contributed by atoms with E-state index in [1.807, 2.05) is 0 Å². The van der Waals surface area contributed by atoms with Crippen molar-refractivity contribution in [1.29, 1.82) is 0 Å². The predicted molar refractivity (Wildman–Crippen MR) is 84.4 cm³/mol. The first-order valence-corrected chi connectivity index (χ1v) is 7.14. The third-order valence-corrected chi connectivity index (χ3v) is 3.34. The van der Waals surface area contributed by atoms with Crippen LogP contribution in [-0.2, 0) is 0 Å². The van der Waals surface area contributed by atoms with Gasteiger partial charge in [-0.15, -0.1) is 0 Å². The van der Waals surface area contributed by atoms with Crippen molar-refractivity contribution in [2.75, 3.05) is 6.54 Å². The molecule has 9 heteroatoms. The molecule has 1 rings (SSSR count). The molecule has 0 aromatic carbocycles. The SMILES string of the molecule is CCC(C(C)=CC(CNC(=O)c1nc(C)[nH]c1C)=NO)[N+](=O)[O-]. The molecule has 0 saturated heterocycles. The summed E-state index contributed by atoms with van der Waals surface area (Å²) < 4.78 is 0. The molecule has 0 spiro atoms. The monoisotopic (exact) mass is 323 g/mol. The maximum Gasteiger partial charge on any atom is 0.272 e. The summed E-state index contributed by atoms with van der Waals surface area (Å²) in [5.41, 5.74) is 1.47. The largest absolute Gasteiger partial charge is 0.411 e. The number of aromatic amines is 1. The minimum absolute atomic E-state index is 0.0633. The maximum atomic E-state index is 12.0. The molecule has 0 fully saturated rings. The van der Waals surface area contributed by atoms with Gasteiger partial charge in [-0.05, 0) is 26.8 Å². The Hall–Kier alpha value is -2.71. The topological polar surface area (TPSA) is 134 Å². The molecule has 0 aliphatic rings. The minimum Gasteiger partial charge on any atom is -0.411 e. The number of imidazole rings is 1. The first-order valence-electron chi connectivity index (χ1n) is 7.14. The molecular formula is C14H21N5O4. The Bertz CT molecular complexity index is 648. The van der Waals surface area contributed by atoms with Gasteiger partial charge in [-0.1, -0.05) is 12.1 Å². The van der Waals surface area contributed by atoms with Gasteiger partial charge < -0.3 is 15.5 Å². The zero-order valence-corrected chi connectivity index (χ0v) is 13.6. The molecule has 126 valence electrons. The van der Waals surface area contributed by atoms with Gasteiger partial charge in [0, 0.05) is 22.6 Å². The van der Waals surface area contributed by atoms with E-state index in [1.54, 1.807) is 27.7 Å². The molecule has 0 radical (unpaired) electrons. The molecular weight excluding hydrogens is 302 g/mol. The van der Waals surface area contributed by atoms with Crippen molar-refractivity contribution < 1.29 is 14.9 Å². The fraction of sp³-hybridized carbons (Fsp3) is 0.500. The molecule has 3 N–H and O–H groups in total. The molecule has 0 aliphatic carbocycles. The van der Waals surface area contributed by atoms with Crippen molar-refractivity contribution in [3.63, 3.8) is 0 Å². The molecule has 1 atom stereocenters. The van der Waals surface area contributed by atoms with Crippen LogP contribution in [0.2, 0.25) is 0 Å². The maximum absolute atomic E-state index is 12.0. The lowest BCUT2D eigenvalue weighted by atomic mass is 10.1. The highest BCUT2D eigenvalue weighted by Crippen LogP contribution is 2.09. The van der Waals surface area contributed by atoms with Gasteiger partial charge in [-0.25, -0.2) is 4.98 Å². The molecule has 0 saturated carbocycles. The van der Waals surface area contributed by atoms with E-state index in [1.165, 1.54) is 6.08 Å². The number of H-pyrrole nitrogens is 1. The summed E-state index contributed by atoms with van der Waals surface area (Å²) >= 11 is 0. The predicted octanol–water partition coefficient (Wildman–Crippen LogP) is 1.59. The van der Waals surface area contributed by atoms with Crippen molar-refractivity contribution in [1.82, 2.24) is 15.3 Å². The Kier molecular flexibility index (Phi) is 6.43. The van der Waals surface area contributed by atoms with Crippen LogP contribution >= 0.6 is 0 Å². The number of carbonyl (C=O) groups excluding carboxylic acids is 1. The molecule has 1 aromatic rings. The summed E-state index contributed by atoms with van der Waals surface area (Å²) in [7, 11) is 0. The summed E-state index contributed by atoms with van der Waals surface area (Å²) in [6.45, 7) is 6.68. The van der Waals surface area contributed by atoms with Gasteiger partial charge >= 0.3 is 0 Å². The molecule has 1 heterocycles. The van der Waals surface area contributed by atoms with E-state index in [2.05, 4.69) is 20.4 Å². The number of rotatable bonds is 7. The van der Waals surface area contributed by atoms with Crippen molar-refractivity contribution >= 4 is 11.6 Å². The number of nitro groups is 1. The van der Waals surface area contributed by atoms with E-state index >= 15 is 0 Å². The van der Waals surface area contributed by atoms with Crippen LogP contribution in [0.4, 0.5) is 0 Å². The fourth-order valence-electron chi connectivity index (χ4n) is 2.20. The number of aryl methyl sites for hydroxylation is 2. The standard InChI is InChI=1S/C14H21N5O4/c1-5-12(19(22)23)8(2)6-11(18-21)7-15-14(20)13-9(3)16-10(4)17-13/h6,12,21H,5,7H2,1-4H3,(H,15,20)(H,16,17). The smallest absolute Gasteiger partial charge is 0.272 e. The summed E-state index contributed by atoms with van der Waals surface area (Å²) in [6.07, 6.45) is 1.73. The number of nitrogens with zero attached hydrogens (tertiary/aromatic N) is 3. The van der Waals surface area contributed by atoms with Crippen LogP contribution < -0.4 is 5.32 Å². The van der Waals surface area contributed by atoms with Crippen LogP contribution in [0.25, 0.3) is 0 Å². The second-order valence-electron chi connectivity index (χ2n) is 5.17. The molecule has 9 nitrogen and oxygen atoms in total. The zero-order valence-electron chi connectivity index (χ0n) is 13.6. The summed E-state index contributed by atoms with van der Waals surface area (Å²) in [4.78, 5) is 29.5. The second kappa shape index (κ2) is 8.06. The Morgan fingerprint density at radius 2 is 2.22 bits per heavy atom. The number of hydrogen-bond donors (Lipinski definition) is 3. The number of hydrogen-bond acceptors (Lipinski definition) is 6. The molecule has 0 bridgehead atoms. The van der Waals surface area contributed by atoms with Crippen LogP contribution in [0.15, 0.2) is 16.8 Å². The number of amides is 1. The summed E-state index contributed by atoms with van der Waals surface area (Å²) in [5.74, 6) is 0.205.